The second-order valence-electron chi connectivity index (χ2n) is 17.8. The molecule has 10 atom stereocenters. The molecule has 276 valence electrons. The molecule has 0 spiro atoms. The molecule has 10 unspecified atom stereocenters. The highest BCUT2D eigenvalue weighted by Gasteiger charge is 2.67. The third-order valence-electron chi connectivity index (χ3n) is 15.3. The van der Waals surface area contributed by atoms with Crippen molar-refractivity contribution >= 4 is 23.8 Å². The van der Waals surface area contributed by atoms with Crippen molar-refractivity contribution in [2.45, 2.75) is 130 Å². The van der Waals surface area contributed by atoms with E-state index in [4.69, 9.17) is 0 Å². The second kappa shape index (κ2) is 13.9. The van der Waals surface area contributed by atoms with Crippen LogP contribution in [0.15, 0.2) is 24.3 Å². The standard InChI is InChI=1S/C41H60N2O7/c1-38(2)31-16-20-39(3)28-15-22-41(19-7-10-29(41)27(28)11-13-32(39)40(31,4)21-17-33(38)44)37(49)42-23-18-25-8-6-9-26(24-25)35(46)43-30(36(47)48)12-14-34(45)50-5/h6,8-9,24,27-33,44H,7,10-23H2,1-5H3,(H,42,49)(H,43,46)(H,47,48). The molecule has 1 aromatic rings. The number of esters is 1. The van der Waals surface area contributed by atoms with Gasteiger partial charge in [-0.3, -0.25) is 14.4 Å². The predicted octanol–water partition coefficient (Wildman–Crippen LogP) is 6.31. The van der Waals surface area contributed by atoms with Gasteiger partial charge in [0.15, 0.2) is 0 Å². The van der Waals surface area contributed by atoms with E-state index < -0.39 is 23.9 Å². The number of fused-ring (bicyclic) bond motifs is 7. The highest BCUT2D eigenvalue weighted by Crippen LogP contribution is 2.73. The van der Waals surface area contributed by atoms with E-state index in [1.165, 1.54) is 32.8 Å². The number of carboxylic acids is 1. The molecular formula is C41H60N2O7. The fourth-order valence-electron chi connectivity index (χ4n) is 12.8. The molecule has 5 saturated carbocycles. The van der Waals surface area contributed by atoms with E-state index in [9.17, 15) is 29.4 Å². The Balaban J connectivity index is 1.08. The molecule has 6 rings (SSSR count). The molecule has 0 bridgehead atoms. The Kier molecular flexibility index (Phi) is 10.2. The third-order valence-corrected chi connectivity index (χ3v) is 15.3. The van der Waals surface area contributed by atoms with E-state index in [0.29, 0.717) is 53.5 Å². The van der Waals surface area contributed by atoms with Gasteiger partial charge in [-0.2, -0.15) is 0 Å². The van der Waals surface area contributed by atoms with Gasteiger partial charge in [0.1, 0.15) is 6.04 Å². The third kappa shape index (κ3) is 6.28. The topological polar surface area (TPSA) is 142 Å². The molecule has 5 aliphatic carbocycles. The summed E-state index contributed by atoms with van der Waals surface area (Å²) in [5.74, 6) is 0.864. The monoisotopic (exact) mass is 692 g/mol. The lowest BCUT2D eigenvalue weighted by Gasteiger charge is -2.69. The zero-order chi connectivity index (χ0) is 36.1. The molecule has 9 heteroatoms. The summed E-state index contributed by atoms with van der Waals surface area (Å²) in [5.41, 5.74) is 1.45. The van der Waals surface area contributed by atoms with Gasteiger partial charge in [-0.05, 0) is 141 Å². The van der Waals surface area contributed by atoms with Gasteiger partial charge in [-0.15, -0.1) is 0 Å². The summed E-state index contributed by atoms with van der Waals surface area (Å²) in [6, 6.07) is 5.86. The highest BCUT2D eigenvalue weighted by molar-refractivity contribution is 5.96. The molecule has 1 aromatic carbocycles. The first-order valence-electron chi connectivity index (χ1n) is 19.3. The fourth-order valence-corrected chi connectivity index (χ4v) is 12.8. The normalized spacial score (nSPS) is 37.6. The average molecular weight is 693 g/mol. The van der Waals surface area contributed by atoms with Crippen molar-refractivity contribution in [1.82, 2.24) is 10.6 Å². The van der Waals surface area contributed by atoms with Gasteiger partial charge in [0.2, 0.25) is 5.91 Å². The molecule has 0 aliphatic heterocycles. The molecular weight excluding hydrogens is 632 g/mol. The number of ether oxygens (including phenoxy) is 1. The number of nitrogens with one attached hydrogen (secondary N) is 2. The molecule has 0 radical (unpaired) electrons. The minimum atomic E-state index is -1.21. The number of hydrogen-bond donors (Lipinski definition) is 4. The molecule has 4 N–H and O–H groups in total. The van der Waals surface area contributed by atoms with E-state index in [1.807, 2.05) is 6.07 Å². The predicted molar refractivity (Wildman–Crippen MR) is 190 cm³/mol. The smallest absolute Gasteiger partial charge is 0.326 e. The molecule has 0 heterocycles. The minimum absolute atomic E-state index is 0.0413. The SMILES string of the molecule is COC(=O)CCC(NC(=O)c1cccc(CCNC(=O)C23CCCC2C2CCC4C(C)(CCC5C(C)(C)C(O)CCC54C)C2CC3)c1)C(=O)O. The largest absolute Gasteiger partial charge is 0.480 e. The fraction of sp³-hybridized carbons (Fsp3) is 0.756. The van der Waals surface area contributed by atoms with Gasteiger partial charge in [0.05, 0.1) is 18.6 Å². The van der Waals surface area contributed by atoms with Crippen LogP contribution >= 0.6 is 0 Å². The number of rotatable bonds is 10. The summed E-state index contributed by atoms with van der Waals surface area (Å²) in [4.78, 5) is 50.3. The van der Waals surface area contributed by atoms with Crippen molar-refractivity contribution < 1.29 is 34.1 Å². The molecule has 50 heavy (non-hydrogen) atoms. The summed E-state index contributed by atoms with van der Waals surface area (Å²) in [6.45, 7) is 10.3. The Hall–Kier alpha value is -2.94. The van der Waals surface area contributed by atoms with Crippen LogP contribution in [-0.4, -0.2) is 59.8 Å². The lowest BCUT2D eigenvalue weighted by Crippen LogP contribution is -2.63. The number of benzene rings is 1. The zero-order valence-corrected chi connectivity index (χ0v) is 30.9. The number of carboxylic acid groups (broad SMARTS) is 1. The first-order chi connectivity index (χ1) is 23.7. The van der Waals surface area contributed by atoms with Gasteiger partial charge >= 0.3 is 11.9 Å². The van der Waals surface area contributed by atoms with Crippen LogP contribution in [-0.2, 0) is 25.5 Å². The van der Waals surface area contributed by atoms with E-state index in [1.54, 1.807) is 18.2 Å². The number of methoxy groups -OCH3 is 1. The number of aliphatic carboxylic acids is 1. The molecule has 9 nitrogen and oxygen atoms in total. The lowest BCUT2D eigenvalue weighted by atomic mass is 9.36. The van der Waals surface area contributed by atoms with Crippen molar-refractivity contribution in [1.29, 1.82) is 0 Å². The van der Waals surface area contributed by atoms with Crippen LogP contribution < -0.4 is 10.6 Å². The first kappa shape index (κ1) is 36.8. The Morgan fingerprint density at radius 2 is 1.66 bits per heavy atom. The van der Waals surface area contributed by atoms with Crippen molar-refractivity contribution in [3.05, 3.63) is 35.4 Å². The van der Waals surface area contributed by atoms with Crippen LogP contribution in [0.4, 0.5) is 0 Å². The van der Waals surface area contributed by atoms with Gasteiger partial charge in [-0.1, -0.05) is 46.2 Å². The van der Waals surface area contributed by atoms with Crippen molar-refractivity contribution in [3.8, 4) is 0 Å². The molecule has 5 aliphatic rings. The molecule has 5 fully saturated rings. The molecule has 0 saturated heterocycles. The number of amides is 2. The number of carbonyl (C=O) groups is 4. The van der Waals surface area contributed by atoms with E-state index in [2.05, 4.69) is 43.1 Å². The Labute approximate surface area is 298 Å². The summed E-state index contributed by atoms with van der Waals surface area (Å²) >= 11 is 0. The van der Waals surface area contributed by atoms with E-state index in [-0.39, 0.29) is 41.1 Å². The minimum Gasteiger partial charge on any atom is -0.480 e. The van der Waals surface area contributed by atoms with Gasteiger partial charge in [-0.25, -0.2) is 4.79 Å². The zero-order valence-electron chi connectivity index (χ0n) is 30.9. The quantitative estimate of drug-likeness (QED) is 0.211. The van der Waals surface area contributed by atoms with Gasteiger partial charge in [0.25, 0.3) is 5.91 Å². The number of hydrogen-bond acceptors (Lipinski definition) is 6. The van der Waals surface area contributed by atoms with E-state index in [0.717, 1.165) is 50.5 Å². The summed E-state index contributed by atoms with van der Waals surface area (Å²) < 4.78 is 4.59. The van der Waals surface area contributed by atoms with Crippen LogP contribution in [0.5, 0.6) is 0 Å². The van der Waals surface area contributed by atoms with Crippen molar-refractivity contribution in [3.63, 3.8) is 0 Å². The summed E-state index contributed by atoms with van der Waals surface area (Å²) in [6.07, 6.45) is 12.4. The number of aliphatic hydroxyl groups is 1. The van der Waals surface area contributed by atoms with Crippen molar-refractivity contribution in [2.75, 3.05) is 13.7 Å². The summed E-state index contributed by atoms with van der Waals surface area (Å²) in [5, 5.41) is 26.4. The van der Waals surface area contributed by atoms with Crippen LogP contribution in [0.25, 0.3) is 0 Å². The molecule has 0 aromatic heterocycles. The number of carbonyl (C=O) groups excluding carboxylic acids is 3. The van der Waals surface area contributed by atoms with Crippen LogP contribution in [0.1, 0.15) is 127 Å². The van der Waals surface area contributed by atoms with Crippen LogP contribution in [0.2, 0.25) is 0 Å². The van der Waals surface area contributed by atoms with Crippen molar-refractivity contribution in [2.24, 2.45) is 51.2 Å². The average Bonchev–Trinajstić information content (AvgIpc) is 3.54. The van der Waals surface area contributed by atoms with E-state index >= 15 is 0 Å². The Morgan fingerprint density at radius 1 is 0.900 bits per heavy atom. The van der Waals surface area contributed by atoms with Crippen LogP contribution in [0, 0.1) is 51.2 Å². The maximum absolute atomic E-state index is 14.2. The molecule has 2 amide bonds. The Morgan fingerprint density at radius 3 is 2.40 bits per heavy atom. The first-order valence-corrected chi connectivity index (χ1v) is 19.3. The number of aliphatic hydroxyl groups excluding tert-OH is 1. The Bertz CT molecular complexity index is 1480. The van der Waals surface area contributed by atoms with Crippen LogP contribution in [0.3, 0.4) is 0 Å². The highest BCUT2D eigenvalue weighted by atomic mass is 16.5. The maximum Gasteiger partial charge on any atom is 0.326 e. The summed E-state index contributed by atoms with van der Waals surface area (Å²) in [7, 11) is 1.24. The van der Waals surface area contributed by atoms with Gasteiger partial charge < -0.3 is 25.6 Å². The second-order valence-corrected chi connectivity index (χ2v) is 17.8. The van der Waals surface area contributed by atoms with Gasteiger partial charge in [0, 0.05) is 18.5 Å². The maximum atomic E-state index is 14.2. The lowest BCUT2D eigenvalue weighted by molar-refractivity contribution is -0.214.